The topological polar surface area (TPSA) is 85.2 Å². The van der Waals surface area contributed by atoms with Gasteiger partial charge in [0.05, 0.1) is 6.04 Å². The number of aliphatic hydroxyl groups is 1. The molecular weight excluding hydrogens is 262 g/mol. The molecule has 0 bridgehead atoms. The molecule has 5 nitrogen and oxygen atoms in total. The molecule has 1 aromatic carbocycles. The highest BCUT2D eigenvalue weighted by molar-refractivity contribution is 7.99. The molecule has 0 aliphatic rings. The van der Waals surface area contributed by atoms with Gasteiger partial charge in [-0.3, -0.25) is 0 Å². The van der Waals surface area contributed by atoms with Crippen molar-refractivity contribution in [1.82, 2.24) is 10.1 Å². The molecule has 0 fully saturated rings. The lowest BCUT2D eigenvalue weighted by atomic mass is 10.2. The predicted molar refractivity (Wildman–Crippen MR) is 74.8 cm³/mol. The van der Waals surface area contributed by atoms with E-state index in [2.05, 4.69) is 17.1 Å². The van der Waals surface area contributed by atoms with Crippen LogP contribution in [0.3, 0.4) is 0 Å². The second kappa shape index (κ2) is 6.70. The smallest absolute Gasteiger partial charge is 0.243 e. The van der Waals surface area contributed by atoms with Gasteiger partial charge in [0.25, 0.3) is 0 Å². The Balaban J connectivity index is 2.13. The van der Waals surface area contributed by atoms with E-state index in [1.165, 1.54) is 4.90 Å². The van der Waals surface area contributed by atoms with Crippen molar-refractivity contribution in [3.63, 3.8) is 0 Å². The molecule has 0 saturated carbocycles. The van der Waals surface area contributed by atoms with Crippen molar-refractivity contribution in [1.29, 1.82) is 0 Å². The normalized spacial score (nSPS) is 12.6. The Hall–Kier alpha value is -1.37. The maximum atomic E-state index is 8.83. The van der Waals surface area contributed by atoms with Crippen LogP contribution in [-0.2, 0) is 0 Å². The lowest BCUT2D eigenvalue weighted by Crippen LogP contribution is -2.12. The van der Waals surface area contributed by atoms with Gasteiger partial charge in [0.1, 0.15) is 0 Å². The summed E-state index contributed by atoms with van der Waals surface area (Å²) in [5.74, 6) is 1.93. The Morgan fingerprint density at radius 2 is 2.11 bits per heavy atom. The number of rotatable bonds is 6. The highest BCUT2D eigenvalue weighted by atomic mass is 32.2. The molecule has 0 spiro atoms. The van der Waals surface area contributed by atoms with Crippen molar-refractivity contribution in [3.05, 3.63) is 30.2 Å². The fourth-order valence-corrected chi connectivity index (χ4v) is 2.29. The van der Waals surface area contributed by atoms with E-state index in [4.69, 9.17) is 15.4 Å². The number of nitrogens with zero attached hydrogens (tertiary/aromatic N) is 2. The molecule has 2 rings (SSSR count). The summed E-state index contributed by atoms with van der Waals surface area (Å²) in [6, 6.07) is 7.58. The summed E-state index contributed by atoms with van der Waals surface area (Å²) < 4.78 is 5.11. The van der Waals surface area contributed by atoms with Gasteiger partial charge in [0.15, 0.2) is 0 Å². The molecule has 1 aromatic heterocycles. The van der Waals surface area contributed by atoms with Crippen LogP contribution in [0.4, 0.5) is 0 Å². The van der Waals surface area contributed by atoms with Gasteiger partial charge in [0.2, 0.25) is 11.7 Å². The van der Waals surface area contributed by atoms with Crippen LogP contribution in [0.15, 0.2) is 33.7 Å². The molecule has 3 N–H and O–H groups in total. The van der Waals surface area contributed by atoms with Crippen LogP contribution in [0, 0.1) is 0 Å². The third kappa shape index (κ3) is 3.56. The zero-order chi connectivity index (χ0) is 13.7. The van der Waals surface area contributed by atoms with Gasteiger partial charge in [-0.15, -0.1) is 11.8 Å². The van der Waals surface area contributed by atoms with E-state index in [-0.39, 0.29) is 6.61 Å². The van der Waals surface area contributed by atoms with E-state index in [1.807, 2.05) is 24.3 Å². The van der Waals surface area contributed by atoms with Gasteiger partial charge in [-0.2, -0.15) is 4.98 Å². The molecule has 2 aromatic rings. The standard InChI is InChI=1S/C13H17N3O2S/c1-2-19-10-5-3-9(4-6-10)12-15-13(18-16-12)11(14)7-8-17/h3-6,11,17H,2,7-8,14H2,1H3. The van der Waals surface area contributed by atoms with Crippen LogP contribution in [0.2, 0.25) is 0 Å². The largest absolute Gasteiger partial charge is 0.396 e. The third-order valence-electron chi connectivity index (χ3n) is 2.62. The fourth-order valence-electron chi connectivity index (χ4n) is 1.63. The second-order valence-corrected chi connectivity index (χ2v) is 5.37. The van der Waals surface area contributed by atoms with E-state index < -0.39 is 6.04 Å². The van der Waals surface area contributed by atoms with Gasteiger partial charge in [-0.25, -0.2) is 0 Å². The van der Waals surface area contributed by atoms with Crippen molar-refractivity contribution in [2.45, 2.75) is 24.3 Å². The SMILES string of the molecule is CCSc1ccc(-c2noc(C(N)CCO)n2)cc1. The number of nitrogens with two attached hydrogens (primary N) is 1. The number of aliphatic hydroxyl groups excluding tert-OH is 1. The van der Waals surface area contributed by atoms with Crippen molar-refractivity contribution in [2.24, 2.45) is 5.73 Å². The van der Waals surface area contributed by atoms with Crippen LogP contribution in [-0.4, -0.2) is 27.6 Å². The minimum atomic E-state index is -0.416. The first kappa shape index (κ1) is 14.0. The number of thioether (sulfide) groups is 1. The number of hydrogen-bond donors (Lipinski definition) is 2. The fraction of sp³-hybridized carbons (Fsp3) is 0.385. The minimum Gasteiger partial charge on any atom is -0.396 e. The minimum absolute atomic E-state index is 0.00180. The van der Waals surface area contributed by atoms with Crippen LogP contribution in [0.1, 0.15) is 25.3 Å². The molecule has 0 amide bonds. The van der Waals surface area contributed by atoms with Crippen LogP contribution >= 0.6 is 11.8 Å². The molecule has 1 heterocycles. The molecule has 0 saturated heterocycles. The van der Waals surface area contributed by atoms with E-state index >= 15 is 0 Å². The molecule has 0 radical (unpaired) electrons. The van der Waals surface area contributed by atoms with Gasteiger partial charge >= 0.3 is 0 Å². The summed E-state index contributed by atoms with van der Waals surface area (Å²) in [4.78, 5) is 5.47. The first-order chi connectivity index (χ1) is 9.24. The lowest BCUT2D eigenvalue weighted by molar-refractivity contribution is 0.259. The molecular formula is C13H17N3O2S. The summed E-state index contributed by atoms with van der Waals surface area (Å²) in [7, 11) is 0. The first-order valence-corrected chi connectivity index (χ1v) is 7.16. The zero-order valence-electron chi connectivity index (χ0n) is 10.7. The molecule has 1 atom stereocenters. The van der Waals surface area contributed by atoms with Gasteiger partial charge in [-0.05, 0) is 36.4 Å². The van der Waals surface area contributed by atoms with Gasteiger partial charge in [0, 0.05) is 17.1 Å². The highest BCUT2D eigenvalue weighted by Crippen LogP contribution is 2.23. The van der Waals surface area contributed by atoms with Crippen molar-refractivity contribution in [3.8, 4) is 11.4 Å². The summed E-state index contributed by atoms with van der Waals surface area (Å²) in [6.07, 6.45) is 0.410. The summed E-state index contributed by atoms with van der Waals surface area (Å²) in [6.45, 7) is 2.12. The van der Waals surface area contributed by atoms with E-state index in [0.717, 1.165) is 11.3 Å². The van der Waals surface area contributed by atoms with Crippen LogP contribution < -0.4 is 5.73 Å². The third-order valence-corrected chi connectivity index (χ3v) is 3.52. The second-order valence-electron chi connectivity index (χ2n) is 4.03. The van der Waals surface area contributed by atoms with E-state index in [9.17, 15) is 0 Å². The summed E-state index contributed by atoms with van der Waals surface area (Å²) >= 11 is 1.78. The van der Waals surface area contributed by atoms with Gasteiger partial charge in [-0.1, -0.05) is 12.1 Å². The molecule has 0 aliphatic carbocycles. The average molecular weight is 279 g/mol. The number of aromatic nitrogens is 2. The molecule has 102 valence electrons. The van der Waals surface area contributed by atoms with Crippen molar-refractivity contribution in [2.75, 3.05) is 12.4 Å². The van der Waals surface area contributed by atoms with Crippen molar-refractivity contribution < 1.29 is 9.63 Å². The molecule has 6 heteroatoms. The lowest BCUT2D eigenvalue weighted by Gasteiger charge is -2.02. The Morgan fingerprint density at radius 1 is 1.37 bits per heavy atom. The summed E-state index contributed by atoms with van der Waals surface area (Å²) in [5, 5.41) is 12.7. The predicted octanol–water partition coefficient (Wildman–Crippen LogP) is 2.23. The molecule has 1 unspecified atom stereocenters. The highest BCUT2D eigenvalue weighted by Gasteiger charge is 2.15. The van der Waals surface area contributed by atoms with Crippen molar-refractivity contribution >= 4 is 11.8 Å². The average Bonchev–Trinajstić information content (AvgIpc) is 2.90. The maximum absolute atomic E-state index is 8.83. The van der Waals surface area contributed by atoms with E-state index in [1.54, 1.807) is 11.8 Å². The summed E-state index contributed by atoms with van der Waals surface area (Å²) in [5.41, 5.74) is 6.70. The quantitative estimate of drug-likeness (QED) is 0.789. The van der Waals surface area contributed by atoms with Crippen LogP contribution in [0.5, 0.6) is 0 Å². The Bertz CT molecular complexity index is 513. The Kier molecular flexibility index (Phi) is 4.95. The van der Waals surface area contributed by atoms with E-state index in [0.29, 0.717) is 18.1 Å². The molecule has 0 aliphatic heterocycles. The monoisotopic (exact) mass is 279 g/mol. The first-order valence-electron chi connectivity index (χ1n) is 6.18. The Labute approximate surface area is 116 Å². The Morgan fingerprint density at radius 3 is 2.74 bits per heavy atom. The number of hydrogen-bond acceptors (Lipinski definition) is 6. The number of benzene rings is 1. The van der Waals surface area contributed by atoms with Gasteiger partial charge < -0.3 is 15.4 Å². The van der Waals surface area contributed by atoms with Crippen LogP contribution in [0.25, 0.3) is 11.4 Å². The molecule has 19 heavy (non-hydrogen) atoms. The zero-order valence-corrected chi connectivity index (χ0v) is 11.6. The maximum Gasteiger partial charge on any atom is 0.243 e.